The Labute approximate surface area is 84.6 Å². The van der Waals surface area contributed by atoms with Crippen LogP contribution in [-0.2, 0) is 0 Å². The molecule has 0 fully saturated rings. The molecule has 0 saturated carbocycles. The summed E-state index contributed by atoms with van der Waals surface area (Å²) in [5.74, 6) is 0. The van der Waals surface area contributed by atoms with Gasteiger partial charge < -0.3 is 5.11 Å². The number of rotatable bonds is 1. The van der Waals surface area contributed by atoms with Crippen molar-refractivity contribution in [1.82, 2.24) is 0 Å². The zero-order valence-corrected chi connectivity index (χ0v) is 8.89. The smallest absolute Gasteiger partial charge is 0.145 e. The van der Waals surface area contributed by atoms with Crippen LogP contribution in [0.4, 0.5) is 0 Å². The molecule has 0 bridgehead atoms. The lowest BCUT2D eigenvalue weighted by Gasteiger charge is -2.38. The second-order valence-corrected chi connectivity index (χ2v) is 4.92. The van der Waals surface area contributed by atoms with E-state index in [9.17, 15) is 5.11 Å². The van der Waals surface area contributed by atoms with Gasteiger partial charge in [0, 0.05) is 0 Å². The maximum absolute atomic E-state index is 10.1. The highest BCUT2D eigenvalue weighted by molar-refractivity contribution is 6.04. The second-order valence-electron chi connectivity index (χ2n) is 4.92. The van der Waals surface area contributed by atoms with Gasteiger partial charge in [-0.1, -0.05) is 19.4 Å². The molecule has 0 heterocycles. The van der Waals surface area contributed by atoms with E-state index in [1.165, 1.54) is 0 Å². The van der Waals surface area contributed by atoms with Crippen LogP contribution in [-0.4, -0.2) is 16.4 Å². The first kappa shape index (κ1) is 10.9. The molecule has 0 aromatic heterocycles. The summed E-state index contributed by atoms with van der Waals surface area (Å²) in [6, 6.07) is 1.72. The predicted molar refractivity (Wildman–Crippen MR) is 55.1 cm³/mol. The first-order valence-electron chi connectivity index (χ1n) is 4.69. The number of nitrogens with one attached hydrogen (secondary N) is 1. The van der Waals surface area contributed by atoms with E-state index in [2.05, 4.69) is 0 Å². The van der Waals surface area contributed by atoms with Gasteiger partial charge in [-0.2, -0.15) is 5.26 Å². The normalized spacial score (nSPS) is 30.4. The predicted octanol–water partition coefficient (Wildman–Crippen LogP) is 2.03. The van der Waals surface area contributed by atoms with E-state index in [0.29, 0.717) is 6.42 Å². The Kier molecular flexibility index (Phi) is 2.51. The van der Waals surface area contributed by atoms with Crippen LogP contribution in [0, 0.1) is 22.2 Å². The van der Waals surface area contributed by atoms with Crippen LogP contribution in [0.2, 0.25) is 0 Å². The van der Waals surface area contributed by atoms with Crippen LogP contribution in [0.15, 0.2) is 11.6 Å². The highest BCUT2D eigenvalue weighted by Gasteiger charge is 2.40. The summed E-state index contributed by atoms with van der Waals surface area (Å²) in [4.78, 5) is 0. The average Bonchev–Trinajstić information content (AvgIpc) is 1.98. The average molecular weight is 192 g/mol. The van der Waals surface area contributed by atoms with Gasteiger partial charge in [-0.15, -0.1) is 0 Å². The van der Waals surface area contributed by atoms with Gasteiger partial charge in [0.05, 0.1) is 0 Å². The molecule has 1 unspecified atom stereocenters. The van der Waals surface area contributed by atoms with Gasteiger partial charge >= 0.3 is 0 Å². The zero-order chi connectivity index (χ0) is 11.0. The third-order valence-electron chi connectivity index (χ3n) is 2.54. The largest absolute Gasteiger partial charge is 0.379 e. The molecule has 0 saturated heterocycles. The molecular weight excluding hydrogens is 176 g/mol. The highest BCUT2D eigenvalue weighted by atomic mass is 16.3. The molecule has 2 N–H and O–H groups in total. The van der Waals surface area contributed by atoms with Gasteiger partial charge in [-0.25, -0.2) is 0 Å². The monoisotopic (exact) mass is 192 g/mol. The molecule has 0 spiro atoms. The Morgan fingerprint density at radius 2 is 2.21 bits per heavy atom. The summed E-state index contributed by atoms with van der Waals surface area (Å²) in [6.45, 7) is 6.01. The molecule has 1 rings (SSSR count). The van der Waals surface area contributed by atoms with Gasteiger partial charge in [-0.3, -0.25) is 5.41 Å². The highest BCUT2D eigenvalue weighted by Crippen LogP contribution is 2.40. The molecule has 1 aliphatic carbocycles. The Morgan fingerprint density at radius 3 is 2.64 bits per heavy atom. The first-order valence-corrected chi connectivity index (χ1v) is 4.69. The van der Waals surface area contributed by atoms with Crippen molar-refractivity contribution in [2.24, 2.45) is 5.41 Å². The van der Waals surface area contributed by atoms with Crippen molar-refractivity contribution in [2.45, 2.75) is 39.2 Å². The third-order valence-corrected chi connectivity index (χ3v) is 2.54. The van der Waals surface area contributed by atoms with E-state index >= 15 is 0 Å². The Bertz CT molecular complexity index is 336. The van der Waals surface area contributed by atoms with Crippen molar-refractivity contribution in [1.29, 1.82) is 10.7 Å². The maximum atomic E-state index is 10.1. The van der Waals surface area contributed by atoms with Crippen molar-refractivity contribution in [3.8, 4) is 6.07 Å². The maximum Gasteiger partial charge on any atom is 0.145 e. The standard InChI is InChI=1S/C11H16N2O/c1-8-4-10(2,3)7-11(14,5-8)9(13)6-12/h5,13-14H,4,7H2,1-3H3. The van der Waals surface area contributed by atoms with Gasteiger partial charge in [0.25, 0.3) is 0 Å². The fourth-order valence-corrected chi connectivity index (χ4v) is 2.31. The number of nitriles is 1. The Morgan fingerprint density at radius 1 is 1.64 bits per heavy atom. The minimum atomic E-state index is -1.35. The quantitative estimate of drug-likeness (QED) is 0.493. The zero-order valence-electron chi connectivity index (χ0n) is 8.89. The first-order chi connectivity index (χ1) is 6.29. The lowest BCUT2D eigenvalue weighted by Crippen LogP contribution is -2.42. The minimum Gasteiger partial charge on any atom is -0.379 e. The van der Waals surface area contributed by atoms with Crippen LogP contribution in [0.1, 0.15) is 33.6 Å². The number of nitrogens with zero attached hydrogens (tertiary/aromatic N) is 1. The van der Waals surface area contributed by atoms with Gasteiger partial charge in [0.15, 0.2) is 0 Å². The van der Waals surface area contributed by atoms with Crippen molar-refractivity contribution in [3.63, 3.8) is 0 Å². The number of aliphatic hydroxyl groups is 1. The van der Waals surface area contributed by atoms with Crippen LogP contribution in [0.5, 0.6) is 0 Å². The summed E-state index contributed by atoms with van der Waals surface area (Å²) in [7, 11) is 0. The van der Waals surface area contributed by atoms with Crippen LogP contribution < -0.4 is 0 Å². The molecule has 14 heavy (non-hydrogen) atoms. The number of allylic oxidation sites excluding steroid dienone is 1. The van der Waals surface area contributed by atoms with Crippen molar-refractivity contribution in [2.75, 3.05) is 0 Å². The molecular formula is C11H16N2O. The lowest BCUT2D eigenvalue weighted by atomic mass is 9.69. The van der Waals surface area contributed by atoms with Crippen molar-refractivity contribution < 1.29 is 5.11 Å². The molecule has 0 radical (unpaired) electrons. The fraction of sp³-hybridized carbons (Fsp3) is 0.636. The summed E-state index contributed by atoms with van der Waals surface area (Å²) in [5.41, 5.74) is -0.606. The molecule has 0 aliphatic heterocycles. The number of hydrogen-bond acceptors (Lipinski definition) is 3. The second kappa shape index (κ2) is 3.21. The van der Waals surface area contributed by atoms with Crippen LogP contribution in [0.25, 0.3) is 0 Å². The summed E-state index contributed by atoms with van der Waals surface area (Å²) in [5, 5.41) is 26.2. The van der Waals surface area contributed by atoms with Crippen LogP contribution in [0.3, 0.4) is 0 Å². The van der Waals surface area contributed by atoms with Crippen molar-refractivity contribution in [3.05, 3.63) is 11.6 Å². The van der Waals surface area contributed by atoms with E-state index < -0.39 is 5.60 Å². The minimum absolute atomic E-state index is 0.0449. The molecule has 76 valence electrons. The Hall–Kier alpha value is -1.14. The van der Waals surface area contributed by atoms with Gasteiger partial charge in [0.1, 0.15) is 17.4 Å². The van der Waals surface area contributed by atoms with E-state index in [-0.39, 0.29) is 11.1 Å². The topological polar surface area (TPSA) is 67.9 Å². The fourth-order valence-electron chi connectivity index (χ4n) is 2.31. The summed E-state index contributed by atoms with van der Waals surface area (Å²) in [6.07, 6.45) is 3.00. The molecule has 3 heteroatoms. The van der Waals surface area contributed by atoms with E-state index in [1.54, 1.807) is 12.1 Å². The molecule has 0 amide bonds. The SMILES string of the molecule is CC1=CC(O)(C(=N)C#N)CC(C)(C)C1. The van der Waals surface area contributed by atoms with E-state index in [1.807, 2.05) is 20.8 Å². The lowest BCUT2D eigenvalue weighted by molar-refractivity contribution is 0.0904. The molecule has 1 atom stereocenters. The van der Waals surface area contributed by atoms with E-state index in [4.69, 9.17) is 10.7 Å². The molecule has 3 nitrogen and oxygen atoms in total. The van der Waals surface area contributed by atoms with Gasteiger partial charge in [0.2, 0.25) is 0 Å². The summed E-state index contributed by atoms with van der Waals surface area (Å²) < 4.78 is 0. The molecule has 0 aromatic rings. The Balaban J connectivity index is 3.08. The molecule has 0 aromatic carbocycles. The number of hydrogen-bond donors (Lipinski definition) is 2. The third kappa shape index (κ3) is 2.02. The van der Waals surface area contributed by atoms with Gasteiger partial charge in [-0.05, 0) is 31.3 Å². The van der Waals surface area contributed by atoms with Crippen LogP contribution >= 0.6 is 0 Å². The van der Waals surface area contributed by atoms with E-state index in [0.717, 1.165) is 12.0 Å². The van der Waals surface area contributed by atoms with Crippen molar-refractivity contribution >= 4 is 5.71 Å². The molecule has 1 aliphatic rings. The summed E-state index contributed by atoms with van der Waals surface area (Å²) >= 11 is 0.